The molecule has 4 unspecified atom stereocenters. The van der Waals surface area contributed by atoms with Crippen LogP contribution in [0.2, 0.25) is 0 Å². The van der Waals surface area contributed by atoms with E-state index in [0.717, 1.165) is 18.4 Å². The van der Waals surface area contributed by atoms with Crippen LogP contribution in [0.25, 0.3) is 0 Å². The van der Waals surface area contributed by atoms with E-state index in [1.807, 2.05) is 26.0 Å². The number of hydrogen-bond donors (Lipinski definition) is 0. The van der Waals surface area contributed by atoms with Crippen LogP contribution in [0.15, 0.2) is 29.2 Å². The molecular weight excluding hydrogens is 314 g/mol. The molecule has 5 nitrogen and oxygen atoms in total. The summed E-state index contributed by atoms with van der Waals surface area (Å²) in [5, 5.41) is 0. The van der Waals surface area contributed by atoms with E-state index >= 15 is 0 Å². The lowest BCUT2D eigenvalue weighted by atomic mass is 9.84. The van der Waals surface area contributed by atoms with E-state index < -0.39 is 10.0 Å². The Bertz CT molecular complexity index is 738. The molecule has 2 aliphatic heterocycles. The van der Waals surface area contributed by atoms with Crippen LogP contribution >= 0.6 is 0 Å². The second kappa shape index (κ2) is 5.05. The topological polar surface area (TPSA) is 63.7 Å². The van der Waals surface area contributed by atoms with Crippen molar-refractivity contribution in [2.45, 2.75) is 43.7 Å². The van der Waals surface area contributed by atoms with Gasteiger partial charge in [-0.15, -0.1) is 0 Å². The molecule has 1 aliphatic carbocycles. The number of carbonyl (C=O) groups excluding carboxylic acids is 1. The molecule has 2 heterocycles. The number of esters is 1. The molecule has 0 radical (unpaired) electrons. The van der Waals surface area contributed by atoms with Gasteiger partial charge in [0.15, 0.2) is 0 Å². The first-order valence-corrected chi connectivity index (χ1v) is 9.62. The highest BCUT2D eigenvalue weighted by Crippen LogP contribution is 2.50. The Morgan fingerprint density at radius 3 is 2.43 bits per heavy atom. The summed E-state index contributed by atoms with van der Waals surface area (Å²) in [5.41, 5.74) is 1.03. The number of carbonyl (C=O) groups is 1. The summed E-state index contributed by atoms with van der Waals surface area (Å²) in [6.45, 7) is 4.11. The van der Waals surface area contributed by atoms with Gasteiger partial charge in [0.2, 0.25) is 10.0 Å². The van der Waals surface area contributed by atoms with Gasteiger partial charge < -0.3 is 4.74 Å². The first-order chi connectivity index (χ1) is 10.9. The second-order valence-corrected chi connectivity index (χ2v) is 8.93. The standard InChI is InChI=1S/C17H21NO4S/c1-10-3-7-13(8-4-10)23(20,21)18-9-14-15(11(18)2)16(12-5-6-12)17(19)22-14/h3-4,7-8,11-12,14-16H,5-6,9H2,1-2H3. The molecule has 3 aliphatic rings. The van der Waals surface area contributed by atoms with Gasteiger partial charge in [0, 0.05) is 12.0 Å². The molecule has 1 aromatic rings. The highest BCUT2D eigenvalue weighted by molar-refractivity contribution is 7.89. The summed E-state index contributed by atoms with van der Waals surface area (Å²) in [6.07, 6.45) is 1.82. The summed E-state index contributed by atoms with van der Waals surface area (Å²) in [7, 11) is -3.55. The molecule has 2 saturated heterocycles. The smallest absolute Gasteiger partial charge is 0.310 e. The van der Waals surface area contributed by atoms with Crippen molar-refractivity contribution in [3.63, 3.8) is 0 Å². The molecule has 0 aromatic heterocycles. The van der Waals surface area contributed by atoms with E-state index in [-0.39, 0.29) is 36.5 Å². The fourth-order valence-electron chi connectivity index (χ4n) is 4.12. The molecule has 4 atom stereocenters. The molecule has 0 bridgehead atoms. The summed E-state index contributed by atoms with van der Waals surface area (Å²) < 4.78 is 32.9. The van der Waals surface area contributed by atoms with Crippen LogP contribution in [-0.2, 0) is 19.6 Å². The first-order valence-electron chi connectivity index (χ1n) is 8.18. The minimum atomic E-state index is -3.55. The van der Waals surface area contributed by atoms with E-state index in [2.05, 4.69) is 0 Å². The van der Waals surface area contributed by atoms with Crippen LogP contribution in [0.5, 0.6) is 0 Å². The maximum absolute atomic E-state index is 12.9. The van der Waals surface area contributed by atoms with Crippen molar-refractivity contribution in [3.05, 3.63) is 29.8 Å². The highest BCUT2D eigenvalue weighted by atomic mass is 32.2. The minimum absolute atomic E-state index is 0.00442. The third-order valence-corrected chi connectivity index (χ3v) is 7.48. The van der Waals surface area contributed by atoms with E-state index in [4.69, 9.17) is 4.74 Å². The van der Waals surface area contributed by atoms with Gasteiger partial charge in [-0.3, -0.25) is 4.79 Å². The van der Waals surface area contributed by atoms with E-state index in [1.54, 1.807) is 12.1 Å². The van der Waals surface area contributed by atoms with Crippen molar-refractivity contribution >= 4 is 16.0 Å². The summed E-state index contributed by atoms with van der Waals surface area (Å²) >= 11 is 0. The Balaban J connectivity index is 1.64. The molecule has 124 valence electrons. The third-order valence-electron chi connectivity index (χ3n) is 5.51. The molecular formula is C17H21NO4S. The largest absolute Gasteiger partial charge is 0.460 e. The van der Waals surface area contributed by atoms with Crippen molar-refractivity contribution in [2.75, 3.05) is 6.54 Å². The van der Waals surface area contributed by atoms with Crippen LogP contribution in [0.3, 0.4) is 0 Å². The quantitative estimate of drug-likeness (QED) is 0.792. The lowest BCUT2D eigenvalue weighted by Gasteiger charge is -2.25. The van der Waals surface area contributed by atoms with E-state index in [0.29, 0.717) is 10.8 Å². The van der Waals surface area contributed by atoms with Gasteiger partial charge in [-0.1, -0.05) is 17.7 Å². The lowest BCUT2D eigenvalue weighted by Crippen LogP contribution is -2.38. The normalized spacial score (nSPS) is 34.4. The van der Waals surface area contributed by atoms with Gasteiger partial charge in [0.25, 0.3) is 0 Å². The maximum Gasteiger partial charge on any atom is 0.310 e. The average molecular weight is 335 g/mol. The Morgan fingerprint density at radius 2 is 1.83 bits per heavy atom. The minimum Gasteiger partial charge on any atom is -0.460 e. The van der Waals surface area contributed by atoms with Crippen LogP contribution in [-0.4, -0.2) is 37.4 Å². The molecule has 0 amide bonds. The Morgan fingerprint density at radius 1 is 1.17 bits per heavy atom. The molecule has 0 spiro atoms. The fraction of sp³-hybridized carbons (Fsp3) is 0.588. The number of rotatable bonds is 3. The van der Waals surface area contributed by atoms with Crippen molar-refractivity contribution in [1.82, 2.24) is 4.31 Å². The highest BCUT2D eigenvalue weighted by Gasteiger charge is 2.59. The second-order valence-electron chi connectivity index (χ2n) is 7.04. The predicted molar refractivity (Wildman–Crippen MR) is 84.1 cm³/mol. The molecule has 23 heavy (non-hydrogen) atoms. The van der Waals surface area contributed by atoms with Gasteiger partial charge in [0.05, 0.1) is 17.4 Å². The Kier molecular flexibility index (Phi) is 3.32. The maximum atomic E-state index is 12.9. The predicted octanol–water partition coefficient (Wildman–Crippen LogP) is 1.96. The van der Waals surface area contributed by atoms with Gasteiger partial charge in [-0.05, 0) is 44.7 Å². The van der Waals surface area contributed by atoms with Crippen LogP contribution in [0, 0.1) is 24.7 Å². The summed E-state index contributed by atoms with van der Waals surface area (Å²) in [6, 6.07) is 6.71. The van der Waals surface area contributed by atoms with Crippen LogP contribution < -0.4 is 0 Å². The molecule has 1 saturated carbocycles. The van der Waals surface area contributed by atoms with Gasteiger partial charge >= 0.3 is 5.97 Å². The van der Waals surface area contributed by atoms with Gasteiger partial charge in [-0.25, -0.2) is 8.42 Å². The molecule has 6 heteroatoms. The third kappa shape index (κ3) is 2.31. The number of hydrogen-bond acceptors (Lipinski definition) is 4. The molecule has 1 aromatic carbocycles. The first kappa shape index (κ1) is 15.1. The number of ether oxygens (including phenoxy) is 1. The van der Waals surface area contributed by atoms with Crippen molar-refractivity contribution < 1.29 is 17.9 Å². The van der Waals surface area contributed by atoms with Crippen molar-refractivity contribution in [2.24, 2.45) is 17.8 Å². The number of benzene rings is 1. The van der Waals surface area contributed by atoms with Crippen molar-refractivity contribution in [1.29, 1.82) is 0 Å². The summed E-state index contributed by atoms with van der Waals surface area (Å²) in [5.74, 6) is 0.146. The zero-order chi connectivity index (χ0) is 16.4. The van der Waals surface area contributed by atoms with Crippen molar-refractivity contribution in [3.8, 4) is 0 Å². The number of sulfonamides is 1. The summed E-state index contributed by atoms with van der Waals surface area (Å²) in [4.78, 5) is 12.4. The van der Waals surface area contributed by atoms with Gasteiger partial charge in [-0.2, -0.15) is 4.31 Å². The molecule has 0 N–H and O–H groups in total. The van der Waals surface area contributed by atoms with E-state index in [9.17, 15) is 13.2 Å². The monoisotopic (exact) mass is 335 g/mol. The van der Waals surface area contributed by atoms with Crippen LogP contribution in [0.1, 0.15) is 25.3 Å². The number of fused-ring (bicyclic) bond motifs is 1. The fourth-order valence-corrected chi connectivity index (χ4v) is 5.80. The number of aryl methyl sites for hydroxylation is 1. The Hall–Kier alpha value is -1.40. The zero-order valence-corrected chi connectivity index (χ0v) is 14.1. The lowest BCUT2D eigenvalue weighted by molar-refractivity contribution is -0.145. The Labute approximate surface area is 136 Å². The average Bonchev–Trinajstić information content (AvgIpc) is 3.20. The molecule has 3 fully saturated rings. The van der Waals surface area contributed by atoms with Crippen LogP contribution in [0.4, 0.5) is 0 Å². The number of nitrogens with zero attached hydrogens (tertiary/aromatic N) is 1. The van der Waals surface area contributed by atoms with Gasteiger partial charge in [0.1, 0.15) is 6.10 Å². The zero-order valence-electron chi connectivity index (χ0n) is 13.3. The van der Waals surface area contributed by atoms with E-state index in [1.165, 1.54) is 4.31 Å². The SMILES string of the molecule is Cc1ccc(S(=O)(=O)N2CC3OC(=O)C(C4CC4)C3C2C)cc1. The molecule has 4 rings (SSSR count).